The minimum Gasteiger partial charge on any atom is -0.466 e. The Kier molecular flexibility index (Phi) is 13.9. The lowest BCUT2D eigenvalue weighted by Crippen LogP contribution is -2.12. The predicted molar refractivity (Wildman–Crippen MR) is 115 cm³/mol. The van der Waals surface area contributed by atoms with Gasteiger partial charge in [-0.25, -0.2) is 4.79 Å². The van der Waals surface area contributed by atoms with E-state index >= 15 is 0 Å². The predicted octanol–water partition coefficient (Wildman–Crippen LogP) is 6.77. The quantitative estimate of drug-likeness (QED) is 0.108. The van der Waals surface area contributed by atoms with E-state index in [4.69, 9.17) is 9.47 Å². The third-order valence-electron chi connectivity index (χ3n) is 4.58. The van der Waals surface area contributed by atoms with E-state index in [1.807, 2.05) is 18.2 Å². The van der Waals surface area contributed by atoms with E-state index in [2.05, 4.69) is 19.1 Å². The number of methoxy groups -OCH3 is 2. The van der Waals surface area contributed by atoms with E-state index in [0.717, 1.165) is 23.3 Å². The van der Waals surface area contributed by atoms with Crippen LogP contribution in [0.2, 0.25) is 0 Å². The molecule has 0 aliphatic heterocycles. The lowest BCUT2D eigenvalue weighted by atomic mass is 10.0. The third kappa shape index (κ3) is 11.2. The molecule has 1 aromatic rings. The van der Waals surface area contributed by atoms with Crippen LogP contribution in [0.25, 0.3) is 0 Å². The van der Waals surface area contributed by atoms with Gasteiger partial charge in [-0.3, -0.25) is 0 Å². The maximum absolute atomic E-state index is 11.8. The van der Waals surface area contributed by atoms with Gasteiger partial charge in [0.05, 0.1) is 7.11 Å². The van der Waals surface area contributed by atoms with Gasteiger partial charge < -0.3 is 9.47 Å². The Morgan fingerprint density at radius 2 is 1.56 bits per heavy atom. The Hall–Kier alpha value is -1.26. The first kappa shape index (κ1) is 23.8. The van der Waals surface area contributed by atoms with Gasteiger partial charge in [-0.15, -0.1) is 0 Å². The summed E-state index contributed by atoms with van der Waals surface area (Å²) >= 11 is 1.63. The first-order valence-corrected chi connectivity index (χ1v) is 11.1. The Bertz CT molecular complexity index is 528. The van der Waals surface area contributed by atoms with Crippen LogP contribution in [0, 0.1) is 0 Å². The zero-order valence-electron chi connectivity index (χ0n) is 17.2. The van der Waals surface area contributed by atoms with Crippen LogP contribution in [0.4, 0.5) is 0 Å². The van der Waals surface area contributed by atoms with Gasteiger partial charge in [-0.1, -0.05) is 88.3 Å². The van der Waals surface area contributed by atoms with Crippen LogP contribution in [0.1, 0.15) is 71.1 Å². The molecule has 0 radical (unpaired) electrons. The molecule has 0 saturated heterocycles. The van der Waals surface area contributed by atoms with Crippen molar-refractivity contribution < 1.29 is 14.3 Å². The molecule has 0 fully saturated rings. The molecule has 152 valence electrons. The molecule has 4 heteroatoms. The second kappa shape index (κ2) is 15.8. The maximum atomic E-state index is 11.8. The fraction of sp³-hybridized carbons (Fsp3) is 0.609. The molecular weight excluding hydrogens is 356 g/mol. The van der Waals surface area contributed by atoms with Crippen LogP contribution in [0.15, 0.2) is 46.9 Å². The van der Waals surface area contributed by atoms with Crippen molar-refractivity contribution in [3.8, 4) is 0 Å². The molecule has 0 N–H and O–H groups in total. The fourth-order valence-corrected chi connectivity index (χ4v) is 4.00. The van der Waals surface area contributed by atoms with E-state index in [1.54, 1.807) is 24.9 Å². The summed E-state index contributed by atoms with van der Waals surface area (Å²) in [6.45, 7) is 2.25. The van der Waals surface area contributed by atoms with Gasteiger partial charge in [-0.2, -0.15) is 0 Å². The number of rotatable bonds is 15. The van der Waals surface area contributed by atoms with E-state index in [9.17, 15) is 4.79 Å². The van der Waals surface area contributed by atoms with Crippen molar-refractivity contribution in [2.24, 2.45) is 0 Å². The van der Waals surface area contributed by atoms with E-state index in [-0.39, 0.29) is 11.4 Å². The van der Waals surface area contributed by atoms with Crippen LogP contribution in [0.3, 0.4) is 0 Å². The molecule has 1 atom stereocenters. The summed E-state index contributed by atoms with van der Waals surface area (Å²) in [4.78, 5) is 12.9. The van der Waals surface area contributed by atoms with E-state index in [1.165, 1.54) is 58.5 Å². The number of thioether (sulfide) groups is 1. The van der Waals surface area contributed by atoms with Crippen LogP contribution in [-0.2, 0) is 14.3 Å². The highest BCUT2D eigenvalue weighted by Gasteiger charge is 2.17. The number of ether oxygens (including phenoxy) is 2. The average Bonchev–Trinajstić information content (AvgIpc) is 2.70. The highest BCUT2D eigenvalue weighted by Crippen LogP contribution is 2.31. The zero-order valence-corrected chi connectivity index (χ0v) is 18.1. The van der Waals surface area contributed by atoms with Crippen LogP contribution < -0.4 is 0 Å². The molecule has 3 nitrogen and oxygen atoms in total. The third-order valence-corrected chi connectivity index (χ3v) is 5.83. The number of benzene rings is 1. The van der Waals surface area contributed by atoms with Gasteiger partial charge in [0.2, 0.25) is 0 Å². The van der Waals surface area contributed by atoms with E-state index < -0.39 is 0 Å². The molecular formula is C23H36O3S. The Balaban J connectivity index is 2.46. The van der Waals surface area contributed by atoms with Gasteiger partial charge >= 0.3 is 5.97 Å². The molecule has 0 spiro atoms. The summed E-state index contributed by atoms with van der Waals surface area (Å²) in [5, 5.41) is 0. The molecule has 0 aromatic heterocycles. The molecule has 0 bridgehead atoms. The summed E-state index contributed by atoms with van der Waals surface area (Å²) in [7, 11) is 3.11. The van der Waals surface area contributed by atoms with Crippen molar-refractivity contribution in [1.82, 2.24) is 0 Å². The standard InChI is InChI=1S/C23H36O3S/c1-4-5-6-7-8-9-10-11-13-16-20(19-22(24)25-2)23(26-3)27-21-17-14-12-15-18-21/h12,14-15,17-19,23H,4-11,13,16H2,1-3H3/b20-19-. The fourth-order valence-electron chi connectivity index (χ4n) is 3.01. The van der Waals surface area contributed by atoms with Gasteiger partial charge in [0.1, 0.15) is 5.44 Å². The lowest BCUT2D eigenvalue weighted by molar-refractivity contribution is -0.134. The van der Waals surface area contributed by atoms with Crippen LogP contribution >= 0.6 is 11.8 Å². The minimum atomic E-state index is -0.309. The normalized spacial score (nSPS) is 12.8. The van der Waals surface area contributed by atoms with Crippen LogP contribution in [0.5, 0.6) is 0 Å². The highest BCUT2D eigenvalue weighted by atomic mass is 32.2. The second-order valence-electron chi connectivity index (χ2n) is 6.82. The SMILES string of the molecule is CCCCCCCCCCC/C(=C/C(=O)OC)C(OC)Sc1ccccc1. The zero-order chi connectivity index (χ0) is 19.7. The molecule has 0 aliphatic rings. The number of hydrogen-bond acceptors (Lipinski definition) is 4. The summed E-state index contributed by atoms with van der Waals surface area (Å²) in [6, 6.07) is 10.1. The van der Waals surface area contributed by atoms with Gasteiger partial charge in [0.15, 0.2) is 0 Å². The van der Waals surface area contributed by atoms with Gasteiger partial charge in [-0.05, 0) is 30.5 Å². The number of carbonyl (C=O) groups excluding carboxylic acids is 1. The average molecular weight is 393 g/mol. The first-order valence-electron chi connectivity index (χ1n) is 10.2. The molecule has 1 aromatic carbocycles. The molecule has 0 saturated carbocycles. The Labute approximate surface area is 169 Å². The Morgan fingerprint density at radius 3 is 2.11 bits per heavy atom. The Morgan fingerprint density at radius 1 is 0.963 bits per heavy atom. The van der Waals surface area contributed by atoms with Crippen LogP contribution in [-0.4, -0.2) is 25.6 Å². The molecule has 0 heterocycles. The van der Waals surface area contributed by atoms with E-state index in [0.29, 0.717) is 0 Å². The van der Waals surface area contributed by atoms with Crippen molar-refractivity contribution in [3.63, 3.8) is 0 Å². The molecule has 0 aliphatic carbocycles. The summed E-state index contributed by atoms with van der Waals surface area (Å²) in [5.74, 6) is -0.309. The summed E-state index contributed by atoms with van der Waals surface area (Å²) in [5.41, 5.74) is 0.835. The summed E-state index contributed by atoms with van der Waals surface area (Å²) < 4.78 is 10.5. The summed E-state index contributed by atoms with van der Waals surface area (Å²) in [6.07, 6.45) is 14.1. The van der Waals surface area contributed by atoms with Crippen molar-refractivity contribution in [2.75, 3.05) is 14.2 Å². The second-order valence-corrected chi connectivity index (χ2v) is 7.95. The van der Waals surface area contributed by atoms with Gasteiger partial charge in [0.25, 0.3) is 0 Å². The largest absolute Gasteiger partial charge is 0.466 e. The molecule has 0 amide bonds. The smallest absolute Gasteiger partial charge is 0.330 e. The van der Waals surface area contributed by atoms with Crippen molar-refractivity contribution in [1.29, 1.82) is 0 Å². The first-order chi connectivity index (χ1) is 13.2. The lowest BCUT2D eigenvalue weighted by Gasteiger charge is -2.19. The maximum Gasteiger partial charge on any atom is 0.330 e. The monoisotopic (exact) mass is 392 g/mol. The molecule has 27 heavy (non-hydrogen) atoms. The number of hydrogen-bond donors (Lipinski definition) is 0. The van der Waals surface area contributed by atoms with Crippen molar-refractivity contribution >= 4 is 17.7 Å². The number of carbonyl (C=O) groups is 1. The van der Waals surface area contributed by atoms with Crippen molar-refractivity contribution in [3.05, 3.63) is 42.0 Å². The topological polar surface area (TPSA) is 35.5 Å². The van der Waals surface area contributed by atoms with Gasteiger partial charge in [0, 0.05) is 18.1 Å². The highest BCUT2D eigenvalue weighted by molar-refractivity contribution is 8.00. The number of esters is 1. The van der Waals surface area contributed by atoms with Crippen molar-refractivity contribution in [2.45, 2.75) is 81.5 Å². The molecule has 1 rings (SSSR count). The molecule has 1 unspecified atom stereocenters. The minimum absolute atomic E-state index is 0.166. The number of unbranched alkanes of at least 4 members (excludes halogenated alkanes) is 8.